The van der Waals surface area contributed by atoms with Crippen LogP contribution in [0.4, 0.5) is 0 Å². The third-order valence-electron chi connectivity index (χ3n) is 3.55. The molecule has 0 aromatic heterocycles. The number of nitrogens with zero attached hydrogens (tertiary/aromatic N) is 1. The third kappa shape index (κ3) is 5.10. The van der Waals surface area contributed by atoms with E-state index in [0.717, 1.165) is 17.1 Å². The van der Waals surface area contributed by atoms with Crippen molar-refractivity contribution in [2.24, 2.45) is 0 Å². The summed E-state index contributed by atoms with van der Waals surface area (Å²) < 4.78 is 36.7. The van der Waals surface area contributed by atoms with E-state index in [0.29, 0.717) is 5.75 Å². The van der Waals surface area contributed by atoms with E-state index in [9.17, 15) is 13.2 Å². The molecule has 0 aliphatic heterocycles. The van der Waals surface area contributed by atoms with Crippen molar-refractivity contribution in [2.45, 2.75) is 37.6 Å². The lowest BCUT2D eigenvalue weighted by atomic mass is 10.2. The Hall–Kier alpha value is -1.80. The van der Waals surface area contributed by atoms with E-state index in [1.165, 1.54) is 33.4 Å². The molecular formula is C16H26N2O5S. The average Bonchev–Trinajstić information content (AvgIpc) is 2.53. The molecule has 1 rings (SSSR count). The summed E-state index contributed by atoms with van der Waals surface area (Å²) in [5.41, 5.74) is 0. The number of amides is 1. The smallest absolute Gasteiger partial charge is 0.247 e. The van der Waals surface area contributed by atoms with Crippen LogP contribution in [0, 0.1) is 0 Å². The Morgan fingerprint density at radius 3 is 2.50 bits per heavy atom. The van der Waals surface area contributed by atoms with Crippen LogP contribution in [0.15, 0.2) is 23.1 Å². The van der Waals surface area contributed by atoms with Gasteiger partial charge in [-0.15, -0.1) is 0 Å². The fraction of sp³-hybridized carbons (Fsp3) is 0.562. The van der Waals surface area contributed by atoms with Gasteiger partial charge in [0, 0.05) is 19.2 Å². The lowest BCUT2D eigenvalue weighted by Crippen LogP contribution is -2.41. The first-order valence-corrected chi connectivity index (χ1v) is 9.18. The van der Waals surface area contributed by atoms with Crippen molar-refractivity contribution in [1.82, 2.24) is 9.62 Å². The van der Waals surface area contributed by atoms with Crippen LogP contribution >= 0.6 is 0 Å². The topological polar surface area (TPSA) is 84.9 Å². The molecular weight excluding hydrogens is 332 g/mol. The quantitative estimate of drug-likeness (QED) is 0.725. The van der Waals surface area contributed by atoms with Crippen molar-refractivity contribution in [1.29, 1.82) is 0 Å². The highest BCUT2D eigenvalue weighted by Gasteiger charge is 2.27. The van der Waals surface area contributed by atoms with Crippen molar-refractivity contribution in [3.8, 4) is 11.5 Å². The first-order chi connectivity index (χ1) is 11.3. The number of methoxy groups -OCH3 is 2. The van der Waals surface area contributed by atoms with Gasteiger partial charge >= 0.3 is 0 Å². The number of carbonyl (C=O) groups excluding carboxylic acids is 1. The number of hydrogen-bond donors (Lipinski definition) is 1. The predicted molar refractivity (Wildman–Crippen MR) is 91.9 cm³/mol. The zero-order chi connectivity index (χ0) is 18.3. The van der Waals surface area contributed by atoms with Crippen LogP contribution < -0.4 is 14.8 Å². The summed E-state index contributed by atoms with van der Waals surface area (Å²) in [6.45, 7) is 3.64. The predicted octanol–water partition coefficient (Wildman–Crippen LogP) is 1.63. The molecule has 0 radical (unpaired) electrons. The summed E-state index contributed by atoms with van der Waals surface area (Å²) in [5, 5.41) is 2.79. The summed E-state index contributed by atoms with van der Waals surface area (Å²) in [6, 6.07) is 4.51. The molecule has 1 N–H and O–H groups in total. The molecule has 0 aliphatic carbocycles. The first-order valence-electron chi connectivity index (χ1n) is 7.74. The number of benzene rings is 1. The van der Waals surface area contributed by atoms with E-state index >= 15 is 0 Å². The van der Waals surface area contributed by atoms with Gasteiger partial charge in [0.2, 0.25) is 15.9 Å². The Kier molecular flexibility index (Phi) is 7.50. The van der Waals surface area contributed by atoms with E-state index in [1.807, 2.05) is 13.8 Å². The molecule has 1 atom stereocenters. The molecule has 8 heteroatoms. The number of sulfonamides is 1. The Balaban J connectivity index is 2.97. The summed E-state index contributed by atoms with van der Waals surface area (Å²) >= 11 is 0. The fourth-order valence-electron chi connectivity index (χ4n) is 2.27. The lowest BCUT2D eigenvalue weighted by Gasteiger charge is -2.20. The molecule has 136 valence electrons. The van der Waals surface area contributed by atoms with Crippen molar-refractivity contribution < 1.29 is 22.7 Å². The van der Waals surface area contributed by atoms with Gasteiger partial charge in [0.15, 0.2) is 0 Å². The molecule has 1 aromatic carbocycles. The van der Waals surface area contributed by atoms with Crippen molar-refractivity contribution in [3.63, 3.8) is 0 Å². The zero-order valence-electron chi connectivity index (χ0n) is 14.8. The highest BCUT2D eigenvalue weighted by Crippen LogP contribution is 2.30. The Morgan fingerprint density at radius 2 is 1.96 bits per heavy atom. The minimum atomic E-state index is -3.89. The number of rotatable bonds is 9. The maximum Gasteiger partial charge on any atom is 0.247 e. The highest BCUT2D eigenvalue weighted by molar-refractivity contribution is 7.89. The van der Waals surface area contributed by atoms with Gasteiger partial charge in [0.1, 0.15) is 16.4 Å². The van der Waals surface area contributed by atoms with Gasteiger partial charge in [-0.25, -0.2) is 8.42 Å². The Labute approximate surface area is 144 Å². The van der Waals surface area contributed by atoms with Gasteiger partial charge in [-0.1, -0.05) is 13.3 Å². The Morgan fingerprint density at radius 1 is 1.29 bits per heavy atom. The van der Waals surface area contributed by atoms with Crippen molar-refractivity contribution in [3.05, 3.63) is 18.2 Å². The summed E-state index contributed by atoms with van der Waals surface area (Å²) in [7, 11) is 0.307. The lowest BCUT2D eigenvalue weighted by molar-refractivity contribution is -0.121. The fourth-order valence-corrected chi connectivity index (χ4v) is 3.56. The number of likely N-dealkylation sites (N-methyl/N-ethyl adjacent to an activating group) is 1. The summed E-state index contributed by atoms with van der Waals surface area (Å²) in [5.74, 6) is 0.245. The molecule has 0 bridgehead atoms. The van der Waals surface area contributed by atoms with Crippen LogP contribution in [0.1, 0.15) is 26.7 Å². The highest BCUT2D eigenvalue weighted by atomic mass is 32.2. The third-order valence-corrected chi connectivity index (χ3v) is 5.38. The molecule has 0 fully saturated rings. The van der Waals surface area contributed by atoms with Crippen LogP contribution in [-0.2, 0) is 14.8 Å². The zero-order valence-corrected chi connectivity index (χ0v) is 15.6. The Bertz CT molecular complexity index is 660. The van der Waals surface area contributed by atoms with Crippen molar-refractivity contribution >= 4 is 15.9 Å². The maximum absolute atomic E-state index is 12.7. The molecule has 1 amide bonds. The molecule has 0 heterocycles. The first kappa shape index (κ1) is 20.2. The second-order valence-corrected chi connectivity index (χ2v) is 7.55. The van der Waals surface area contributed by atoms with Gasteiger partial charge < -0.3 is 14.8 Å². The standard InChI is InChI=1S/C16H26N2O5S/c1-6-7-12(2)17-16(19)11-18(3)24(20,21)15-10-13(22-4)8-9-14(15)23-5/h8-10,12H,6-7,11H2,1-5H3,(H,17,19)/t12-/m0/s1. The minimum absolute atomic E-state index is 0.00459. The number of carbonyl (C=O) groups is 1. The van der Waals surface area contributed by atoms with E-state index in [2.05, 4.69) is 5.32 Å². The van der Waals surface area contributed by atoms with Crippen LogP contribution in [-0.4, -0.2) is 52.5 Å². The monoisotopic (exact) mass is 358 g/mol. The maximum atomic E-state index is 12.7. The van der Waals surface area contributed by atoms with Gasteiger partial charge in [0.25, 0.3) is 0 Å². The van der Waals surface area contributed by atoms with Crippen LogP contribution in [0.2, 0.25) is 0 Å². The second-order valence-electron chi connectivity index (χ2n) is 5.54. The van der Waals surface area contributed by atoms with E-state index in [4.69, 9.17) is 9.47 Å². The molecule has 0 unspecified atom stereocenters. The van der Waals surface area contributed by atoms with Crippen LogP contribution in [0.3, 0.4) is 0 Å². The SMILES string of the molecule is CCC[C@H](C)NC(=O)CN(C)S(=O)(=O)c1cc(OC)ccc1OC. The van der Waals surface area contributed by atoms with E-state index < -0.39 is 10.0 Å². The molecule has 1 aromatic rings. The van der Waals surface area contributed by atoms with Crippen LogP contribution in [0.5, 0.6) is 11.5 Å². The normalized spacial score (nSPS) is 12.8. The number of hydrogen-bond acceptors (Lipinski definition) is 5. The molecule has 0 saturated heterocycles. The molecule has 0 saturated carbocycles. The minimum Gasteiger partial charge on any atom is -0.497 e. The van der Waals surface area contributed by atoms with Gasteiger partial charge in [-0.2, -0.15) is 4.31 Å². The number of nitrogens with one attached hydrogen (secondary N) is 1. The average molecular weight is 358 g/mol. The summed E-state index contributed by atoms with van der Waals surface area (Å²) in [6.07, 6.45) is 1.78. The van der Waals surface area contributed by atoms with Gasteiger partial charge in [-0.05, 0) is 25.5 Å². The van der Waals surface area contributed by atoms with Gasteiger partial charge in [-0.3, -0.25) is 4.79 Å². The van der Waals surface area contributed by atoms with E-state index in [1.54, 1.807) is 6.07 Å². The summed E-state index contributed by atoms with van der Waals surface area (Å²) in [4.78, 5) is 12.0. The second kappa shape index (κ2) is 8.89. The molecule has 7 nitrogen and oxygen atoms in total. The molecule has 0 aliphatic rings. The van der Waals surface area contributed by atoms with E-state index in [-0.39, 0.29) is 29.1 Å². The van der Waals surface area contributed by atoms with Crippen LogP contribution in [0.25, 0.3) is 0 Å². The molecule has 24 heavy (non-hydrogen) atoms. The molecule has 0 spiro atoms. The van der Waals surface area contributed by atoms with Gasteiger partial charge in [0.05, 0.1) is 20.8 Å². The van der Waals surface area contributed by atoms with Crippen molar-refractivity contribution in [2.75, 3.05) is 27.8 Å². The number of ether oxygens (including phenoxy) is 2. The largest absolute Gasteiger partial charge is 0.497 e.